The average molecular weight is 1020 g/mol. The molecular weight excluding hydrogens is 971 g/mol. The standard InChI is InChI=1S/C75H53N5/c1-47-15-11-23-53(35-47)57-27-31-69-62(39-57)63-40-58(54-24-12-16-48(2)36-54)28-32-70(63)79(69)73-44-66(75-77-67(51-19-7-5-8-20-51)45-68(78-75)52-21-9-6-10-22-52)74(43-61(73)46-76)80-71-33-29-59(55-25-13-17-49(3)37-55)41-64(71)65-42-60(30-34-72(65)80)56-26-14-18-50(4)38-56/h5-45H,1-4H3. The monoisotopic (exact) mass is 1020 g/mol. The summed E-state index contributed by atoms with van der Waals surface area (Å²) >= 11 is 0. The Morgan fingerprint density at radius 3 is 0.963 bits per heavy atom. The van der Waals surface area contributed by atoms with E-state index in [1.165, 1.54) is 22.3 Å². The molecular formula is C75H53N5. The van der Waals surface area contributed by atoms with E-state index in [1.54, 1.807) is 0 Å². The van der Waals surface area contributed by atoms with E-state index in [9.17, 15) is 5.26 Å². The summed E-state index contributed by atoms with van der Waals surface area (Å²) in [5.74, 6) is 0.540. The zero-order valence-corrected chi connectivity index (χ0v) is 44.9. The summed E-state index contributed by atoms with van der Waals surface area (Å²) in [6.45, 7) is 8.56. The Bertz CT molecular complexity index is 4560. The third-order valence-electron chi connectivity index (χ3n) is 15.8. The molecule has 14 aromatic rings. The molecule has 0 radical (unpaired) electrons. The van der Waals surface area contributed by atoms with Crippen molar-refractivity contribution < 1.29 is 0 Å². The summed E-state index contributed by atoms with van der Waals surface area (Å²) in [5, 5.41) is 16.1. The third kappa shape index (κ3) is 8.52. The van der Waals surface area contributed by atoms with Gasteiger partial charge in [0.2, 0.25) is 0 Å². The van der Waals surface area contributed by atoms with Gasteiger partial charge in [0, 0.05) is 38.2 Å². The molecule has 378 valence electrons. The van der Waals surface area contributed by atoms with Crippen molar-refractivity contribution in [3.8, 4) is 95.9 Å². The highest BCUT2D eigenvalue weighted by Gasteiger charge is 2.25. The van der Waals surface area contributed by atoms with Gasteiger partial charge in [-0.15, -0.1) is 0 Å². The van der Waals surface area contributed by atoms with Gasteiger partial charge in [0.1, 0.15) is 6.07 Å². The lowest BCUT2D eigenvalue weighted by Gasteiger charge is -2.19. The van der Waals surface area contributed by atoms with Crippen LogP contribution in [0.25, 0.3) is 133 Å². The van der Waals surface area contributed by atoms with Gasteiger partial charge in [-0.05, 0) is 139 Å². The lowest BCUT2D eigenvalue weighted by molar-refractivity contribution is 1.11. The number of hydrogen-bond acceptors (Lipinski definition) is 3. The predicted octanol–water partition coefficient (Wildman–Crippen LogP) is 19.4. The van der Waals surface area contributed by atoms with Crippen LogP contribution in [0.4, 0.5) is 0 Å². The summed E-state index contributed by atoms with van der Waals surface area (Å²) in [6, 6.07) is 91.6. The molecule has 0 atom stereocenters. The van der Waals surface area contributed by atoms with Crippen LogP contribution in [0.1, 0.15) is 27.8 Å². The minimum Gasteiger partial charge on any atom is -0.308 e. The van der Waals surface area contributed by atoms with Gasteiger partial charge in [0.25, 0.3) is 0 Å². The fourth-order valence-electron chi connectivity index (χ4n) is 11.9. The van der Waals surface area contributed by atoms with E-state index in [4.69, 9.17) is 9.97 Å². The summed E-state index contributed by atoms with van der Waals surface area (Å²) in [4.78, 5) is 11.1. The molecule has 0 fully saturated rings. The van der Waals surface area contributed by atoms with Gasteiger partial charge in [0.15, 0.2) is 5.82 Å². The molecule has 0 bridgehead atoms. The third-order valence-corrected chi connectivity index (χ3v) is 15.8. The molecule has 0 aliphatic heterocycles. The highest BCUT2D eigenvalue weighted by atomic mass is 15.0. The maximum Gasteiger partial charge on any atom is 0.162 e. The molecule has 0 N–H and O–H groups in total. The van der Waals surface area contributed by atoms with Crippen molar-refractivity contribution in [2.24, 2.45) is 0 Å². The highest BCUT2D eigenvalue weighted by Crippen LogP contribution is 2.44. The van der Waals surface area contributed by atoms with E-state index in [1.807, 2.05) is 12.1 Å². The first kappa shape index (κ1) is 48.0. The second-order valence-electron chi connectivity index (χ2n) is 21.3. The number of nitrogens with zero attached hydrogens (tertiary/aromatic N) is 5. The van der Waals surface area contributed by atoms with Crippen LogP contribution < -0.4 is 0 Å². The van der Waals surface area contributed by atoms with Crippen molar-refractivity contribution in [1.82, 2.24) is 19.1 Å². The van der Waals surface area contributed by atoms with Crippen LogP contribution in [0.2, 0.25) is 0 Å². The first-order chi connectivity index (χ1) is 39.2. The van der Waals surface area contributed by atoms with Gasteiger partial charge in [0.05, 0.1) is 50.4 Å². The van der Waals surface area contributed by atoms with Crippen LogP contribution in [-0.4, -0.2) is 19.1 Å². The van der Waals surface area contributed by atoms with Crippen LogP contribution in [0, 0.1) is 39.0 Å². The minimum atomic E-state index is 0.512. The van der Waals surface area contributed by atoms with Gasteiger partial charge in [-0.3, -0.25) is 0 Å². The Balaban J connectivity index is 1.09. The predicted molar refractivity (Wildman–Crippen MR) is 332 cm³/mol. The second kappa shape index (κ2) is 19.6. The van der Waals surface area contributed by atoms with Gasteiger partial charge >= 0.3 is 0 Å². The number of benzene rings is 11. The Kier molecular flexibility index (Phi) is 11.7. The minimum absolute atomic E-state index is 0.512. The molecule has 11 aromatic carbocycles. The Morgan fingerprint density at radius 1 is 0.300 bits per heavy atom. The number of fused-ring (bicyclic) bond motifs is 6. The molecule has 3 aromatic heterocycles. The van der Waals surface area contributed by atoms with E-state index < -0.39 is 0 Å². The Labute approximate surface area is 465 Å². The molecule has 0 aliphatic rings. The maximum atomic E-state index is 11.8. The van der Waals surface area contributed by atoms with Crippen molar-refractivity contribution in [2.45, 2.75) is 27.7 Å². The molecule has 0 aliphatic carbocycles. The van der Waals surface area contributed by atoms with Crippen LogP contribution in [0.5, 0.6) is 0 Å². The van der Waals surface area contributed by atoms with Crippen molar-refractivity contribution in [2.75, 3.05) is 0 Å². The topological polar surface area (TPSA) is 59.4 Å². The van der Waals surface area contributed by atoms with Crippen LogP contribution in [0.15, 0.2) is 249 Å². The molecule has 0 spiro atoms. The Morgan fingerprint density at radius 2 is 0.625 bits per heavy atom. The normalized spacial score (nSPS) is 11.5. The number of aromatic nitrogens is 4. The van der Waals surface area contributed by atoms with E-state index in [0.717, 1.165) is 128 Å². The summed E-state index contributed by atoms with van der Waals surface area (Å²) < 4.78 is 4.61. The maximum absolute atomic E-state index is 11.8. The molecule has 3 heterocycles. The first-order valence-electron chi connectivity index (χ1n) is 27.3. The molecule has 0 saturated heterocycles. The lowest BCUT2D eigenvalue weighted by Crippen LogP contribution is -2.06. The van der Waals surface area contributed by atoms with Crippen molar-refractivity contribution >= 4 is 43.6 Å². The van der Waals surface area contributed by atoms with Gasteiger partial charge < -0.3 is 9.13 Å². The van der Waals surface area contributed by atoms with Crippen LogP contribution in [0.3, 0.4) is 0 Å². The largest absolute Gasteiger partial charge is 0.308 e. The molecule has 5 nitrogen and oxygen atoms in total. The fourth-order valence-corrected chi connectivity index (χ4v) is 11.9. The van der Waals surface area contributed by atoms with Gasteiger partial charge in [-0.1, -0.05) is 204 Å². The molecule has 0 saturated carbocycles. The van der Waals surface area contributed by atoms with Crippen molar-refractivity contribution in [1.29, 1.82) is 5.26 Å². The molecule has 14 rings (SSSR count). The fraction of sp³-hybridized carbons (Fsp3) is 0.0533. The van der Waals surface area contributed by atoms with Crippen LogP contribution >= 0.6 is 0 Å². The van der Waals surface area contributed by atoms with E-state index >= 15 is 0 Å². The van der Waals surface area contributed by atoms with E-state index in [0.29, 0.717) is 11.4 Å². The molecule has 0 amide bonds. The summed E-state index contributed by atoms with van der Waals surface area (Å²) in [5.41, 5.74) is 24.3. The smallest absolute Gasteiger partial charge is 0.162 e. The highest BCUT2D eigenvalue weighted by molar-refractivity contribution is 6.14. The van der Waals surface area contributed by atoms with E-state index in [-0.39, 0.29) is 0 Å². The zero-order valence-electron chi connectivity index (χ0n) is 44.9. The second-order valence-corrected chi connectivity index (χ2v) is 21.3. The van der Waals surface area contributed by atoms with Crippen molar-refractivity contribution in [3.63, 3.8) is 0 Å². The number of aryl methyl sites for hydroxylation is 4. The molecule has 0 unspecified atom stereocenters. The molecule has 80 heavy (non-hydrogen) atoms. The van der Waals surface area contributed by atoms with Gasteiger partial charge in [-0.2, -0.15) is 5.26 Å². The average Bonchev–Trinajstić information content (AvgIpc) is 4.15. The Hall–Kier alpha value is -10.4. The number of nitriles is 1. The number of rotatable bonds is 9. The quantitative estimate of drug-likeness (QED) is 0.145. The zero-order chi connectivity index (χ0) is 54.0. The SMILES string of the molecule is Cc1cccc(-c2ccc3c(c2)c2cc(-c4cccc(C)c4)ccc2n3-c2cc(-c3nc(-c4ccccc4)cc(-c4ccccc4)n3)c(-n3c4ccc(-c5cccc(C)c5)cc4c4cc(-c5cccc(C)c5)ccc43)cc2C#N)c1. The summed E-state index contributed by atoms with van der Waals surface area (Å²) in [7, 11) is 0. The van der Waals surface area contributed by atoms with Gasteiger partial charge in [-0.25, -0.2) is 9.97 Å². The van der Waals surface area contributed by atoms with Crippen molar-refractivity contribution in [3.05, 3.63) is 277 Å². The molecule has 5 heteroatoms. The number of hydrogen-bond donors (Lipinski definition) is 0. The first-order valence-corrected chi connectivity index (χ1v) is 27.3. The lowest BCUT2D eigenvalue weighted by atomic mass is 9.99. The van der Waals surface area contributed by atoms with E-state index in [2.05, 4.69) is 279 Å². The summed E-state index contributed by atoms with van der Waals surface area (Å²) in [6.07, 6.45) is 0. The van der Waals surface area contributed by atoms with Crippen LogP contribution in [-0.2, 0) is 0 Å².